The van der Waals surface area contributed by atoms with Crippen LogP contribution in [0.5, 0.6) is 11.5 Å². The van der Waals surface area contributed by atoms with Gasteiger partial charge >= 0.3 is 0 Å². The van der Waals surface area contributed by atoms with Crippen LogP contribution in [0.25, 0.3) is 0 Å². The number of hydrogen-bond donors (Lipinski definition) is 1. The minimum atomic E-state index is -0.617. The summed E-state index contributed by atoms with van der Waals surface area (Å²) in [5, 5.41) is 3.07. The van der Waals surface area contributed by atoms with Crippen LogP contribution in [-0.2, 0) is 29.0 Å². The predicted octanol–water partition coefficient (Wildman–Crippen LogP) is 4.80. The molecule has 194 valence electrons. The first-order valence-corrected chi connectivity index (χ1v) is 13.0. The van der Waals surface area contributed by atoms with Crippen LogP contribution in [0.1, 0.15) is 37.0 Å². The molecule has 0 spiro atoms. The average Bonchev–Trinajstić information content (AvgIpc) is 2.93. The second kappa shape index (κ2) is 12.9. The smallest absolute Gasteiger partial charge is 0.243 e. The van der Waals surface area contributed by atoms with Gasteiger partial charge in [-0.15, -0.1) is 0 Å². The molecule has 3 aromatic rings. The van der Waals surface area contributed by atoms with Gasteiger partial charge in [0.15, 0.2) is 11.5 Å². The van der Waals surface area contributed by atoms with Crippen LogP contribution in [0, 0.1) is 5.92 Å². The molecule has 1 aliphatic heterocycles. The number of hydrogen-bond acceptors (Lipinski definition) is 4. The highest BCUT2D eigenvalue weighted by Crippen LogP contribution is 2.31. The van der Waals surface area contributed by atoms with Crippen molar-refractivity contribution in [3.8, 4) is 11.5 Å². The topological polar surface area (TPSA) is 67.9 Å². The van der Waals surface area contributed by atoms with Crippen molar-refractivity contribution in [3.05, 3.63) is 95.6 Å². The van der Waals surface area contributed by atoms with Gasteiger partial charge < -0.3 is 19.7 Å². The standard InChI is InChI=1S/C31H36N2O4/c1-23(2)21-32-31(35)27(19-24-9-5-3-6-10-24)33(22-26-11-7-4-8-12-26)30(34)16-14-25-13-15-28-29(20-25)37-18-17-36-28/h3-13,15,20,23,27H,14,16-19,21-22H2,1-2H3,(H,32,35)/t27-/m1/s1. The van der Waals surface area contributed by atoms with Gasteiger partial charge in [0.2, 0.25) is 11.8 Å². The number of rotatable bonds is 11. The minimum absolute atomic E-state index is 0.0561. The Morgan fingerprint density at radius 2 is 1.49 bits per heavy atom. The monoisotopic (exact) mass is 500 g/mol. The SMILES string of the molecule is CC(C)CNC(=O)[C@@H](Cc1ccccc1)N(Cc1ccccc1)C(=O)CCc1ccc2c(c1)OCCO2. The maximum atomic E-state index is 13.8. The molecule has 0 saturated carbocycles. The van der Waals surface area contributed by atoms with E-state index in [1.807, 2.05) is 78.9 Å². The lowest BCUT2D eigenvalue weighted by molar-refractivity contribution is -0.141. The summed E-state index contributed by atoms with van der Waals surface area (Å²) in [4.78, 5) is 29.0. The Hall–Kier alpha value is -3.80. The normalized spacial score (nSPS) is 13.2. The van der Waals surface area contributed by atoms with Crippen LogP contribution >= 0.6 is 0 Å². The van der Waals surface area contributed by atoms with Crippen molar-refractivity contribution < 1.29 is 19.1 Å². The van der Waals surface area contributed by atoms with Gasteiger partial charge in [-0.1, -0.05) is 80.6 Å². The van der Waals surface area contributed by atoms with Crippen LogP contribution < -0.4 is 14.8 Å². The van der Waals surface area contributed by atoms with Crippen molar-refractivity contribution in [2.24, 2.45) is 5.92 Å². The van der Waals surface area contributed by atoms with E-state index in [0.29, 0.717) is 50.8 Å². The molecule has 4 rings (SSSR count). The lowest BCUT2D eigenvalue weighted by atomic mass is 10.0. The molecule has 0 unspecified atom stereocenters. The number of nitrogens with zero attached hydrogens (tertiary/aromatic N) is 1. The van der Waals surface area contributed by atoms with Crippen LogP contribution in [0.15, 0.2) is 78.9 Å². The third kappa shape index (κ3) is 7.59. The molecule has 1 aliphatic rings. The van der Waals surface area contributed by atoms with E-state index in [1.165, 1.54) is 0 Å². The van der Waals surface area contributed by atoms with Gasteiger partial charge in [0.1, 0.15) is 19.3 Å². The molecule has 37 heavy (non-hydrogen) atoms. The third-order valence-corrected chi connectivity index (χ3v) is 6.39. The van der Waals surface area contributed by atoms with Crippen molar-refractivity contribution in [2.45, 2.75) is 45.7 Å². The van der Waals surface area contributed by atoms with Crippen molar-refractivity contribution >= 4 is 11.8 Å². The summed E-state index contributed by atoms with van der Waals surface area (Å²) in [5.74, 6) is 1.58. The molecule has 0 bridgehead atoms. The number of aryl methyl sites for hydroxylation is 1. The number of carbonyl (C=O) groups excluding carboxylic acids is 2. The van der Waals surface area contributed by atoms with E-state index in [-0.39, 0.29) is 18.2 Å². The lowest BCUT2D eigenvalue weighted by Crippen LogP contribution is -2.51. The van der Waals surface area contributed by atoms with Crippen LogP contribution in [0.4, 0.5) is 0 Å². The van der Waals surface area contributed by atoms with Gasteiger partial charge in [0.25, 0.3) is 0 Å². The Morgan fingerprint density at radius 3 is 2.16 bits per heavy atom. The Balaban J connectivity index is 1.56. The highest BCUT2D eigenvalue weighted by Gasteiger charge is 2.30. The van der Waals surface area contributed by atoms with Gasteiger partial charge in [0, 0.05) is 25.9 Å². The highest BCUT2D eigenvalue weighted by molar-refractivity contribution is 5.88. The molecular weight excluding hydrogens is 464 g/mol. The number of nitrogens with one attached hydrogen (secondary N) is 1. The summed E-state index contributed by atoms with van der Waals surface area (Å²) in [6, 6.07) is 24.9. The van der Waals surface area contributed by atoms with Crippen molar-refractivity contribution in [2.75, 3.05) is 19.8 Å². The van der Waals surface area contributed by atoms with E-state index < -0.39 is 6.04 Å². The largest absolute Gasteiger partial charge is 0.486 e. The number of amides is 2. The van der Waals surface area contributed by atoms with Gasteiger partial charge in [0.05, 0.1) is 0 Å². The minimum Gasteiger partial charge on any atom is -0.486 e. The molecule has 2 amide bonds. The molecule has 0 saturated heterocycles. The summed E-state index contributed by atoms with van der Waals surface area (Å²) >= 11 is 0. The first-order chi connectivity index (χ1) is 18.0. The molecule has 0 fully saturated rings. The second-order valence-electron chi connectivity index (χ2n) is 9.83. The third-order valence-electron chi connectivity index (χ3n) is 6.39. The molecule has 1 heterocycles. The first kappa shape index (κ1) is 26.3. The molecule has 0 aliphatic carbocycles. The van der Waals surface area contributed by atoms with E-state index in [9.17, 15) is 9.59 Å². The molecule has 6 nitrogen and oxygen atoms in total. The van der Waals surface area contributed by atoms with Crippen molar-refractivity contribution in [3.63, 3.8) is 0 Å². The fourth-order valence-corrected chi connectivity index (χ4v) is 4.39. The number of carbonyl (C=O) groups is 2. The summed E-state index contributed by atoms with van der Waals surface area (Å²) in [5.41, 5.74) is 3.01. The van der Waals surface area contributed by atoms with E-state index in [2.05, 4.69) is 19.2 Å². The molecule has 0 aromatic heterocycles. The van der Waals surface area contributed by atoms with Gasteiger partial charge in [-0.25, -0.2) is 0 Å². The molecule has 1 atom stereocenters. The van der Waals surface area contributed by atoms with Crippen LogP contribution in [-0.4, -0.2) is 42.5 Å². The average molecular weight is 501 g/mol. The lowest BCUT2D eigenvalue weighted by Gasteiger charge is -2.32. The molecule has 3 aromatic carbocycles. The Kier molecular flexibility index (Phi) is 9.19. The maximum absolute atomic E-state index is 13.8. The van der Waals surface area contributed by atoms with Gasteiger partial charge in [-0.05, 0) is 41.2 Å². The summed E-state index contributed by atoms with van der Waals surface area (Å²) in [6.45, 7) is 6.12. The van der Waals surface area contributed by atoms with Crippen molar-refractivity contribution in [1.29, 1.82) is 0 Å². The number of ether oxygens (including phenoxy) is 2. The zero-order chi connectivity index (χ0) is 26.0. The van der Waals surface area contributed by atoms with Gasteiger partial charge in [-0.2, -0.15) is 0 Å². The van der Waals surface area contributed by atoms with Gasteiger partial charge in [-0.3, -0.25) is 9.59 Å². The van der Waals surface area contributed by atoms with E-state index in [0.717, 1.165) is 22.4 Å². The van der Waals surface area contributed by atoms with E-state index >= 15 is 0 Å². The van der Waals surface area contributed by atoms with Crippen molar-refractivity contribution in [1.82, 2.24) is 10.2 Å². The number of fused-ring (bicyclic) bond motifs is 1. The Labute approximate surface area is 219 Å². The molecular formula is C31H36N2O4. The summed E-state index contributed by atoms with van der Waals surface area (Å²) < 4.78 is 11.3. The number of benzene rings is 3. The highest BCUT2D eigenvalue weighted by atomic mass is 16.6. The fourth-order valence-electron chi connectivity index (χ4n) is 4.39. The van der Waals surface area contributed by atoms with E-state index in [4.69, 9.17) is 9.47 Å². The Morgan fingerprint density at radius 1 is 0.838 bits per heavy atom. The maximum Gasteiger partial charge on any atom is 0.243 e. The molecule has 1 N–H and O–H groups in total. The predicted molar refractivity (Wildman–Crippen MR) is 145 cm³/mol. The van der Waals surface area contributed by atoms with Crippen LogP contribution in [0.3, 0.4) is 0 Å². The molecule has 0 radical (unpaired) electrons. The first-order valence-electron chi connectivity index (χ1n) is 13.0. The van der Waals surface area contributed by atoms with E-state index in [1.54, 1.807) is 4.90 Å². The summed E-state index contributed by atoms with van der Waals surface area (Å²) in [7, 11) is 0. The van der Waals surface area contributed by atoms with Crippen LogP contribution in [0.2, 0.25) is 0 Å². The molecule has 6 heteroatoms. The fraction of sp³-hybridized carbons (Fsp3) is 0.355. The zero-order valence-electron chi connectivity index (χ0n) is 21.7. The second-order valence-corrected chi connectivity index (χ2v) is 9.83. The Bertz CT molecular complexity index is 1160. The summed E-state index contributed by atoms with van der Waals surface area (Å²) in [6.07, 6.45) is 1.29. The quantitative estimate of drug-likeness (QED) is 0.411. The zero-order valence-corrected chi connectivity index (χ0v) is 21.7.